The first-order chi connectivity index (χ1) is 12.8. The molecule has 4 N–H and O–H groups in total. The van der Waals surface area contributed by atoms with Crippen molar-refractivity contribution in [2.24, 2.45) is 0 Å². The lowest BCUT2D eigenvalue weighted by molar-refractivity contribution is -0.138. The molecule has 0 aromatic heterocycles. The van der Waals surface area contributed by atoms with Crippen LogP contribution in [-0.2, 0) is 28.8 Å². The Morgan fingerprint density at radius 2 is 1.30 bits per heavy atom. The fourth-order valence-corrected chi connectivity index (χ4v) is 2.13. The Labute approximate surface area is 155 Å². The van der Waals surface area contributed by atoms with Crippen LogP contribution in [0.5, 0.6) is 0 Å². The molecule has 1 aliphatic rings. The first kappa shape index (κ1) is 21.8. The average molecular weight is 382 g/mol. The van der Waals surface area contributed by atoms with E-state index in [1.54, 1.807) is 0 Å². The van der Waals surface area contributed by atoms with Gasteiger partial charge in [0.2, 0.25) is 17.7 Å². The van der Waals surface area contributed by atoms with E-state index in [9.17, 15) is 28.8 Å². The second kappa shape index (κ2) is 11.4. The van der Waals surface area contributed by atoms with Crippen molar-refractivity contribution < 1.29 is 33.9 Å². The van der Waals surface area contributed by atoms with Gasteiger partial charge in [0.1, 0.15) is 6.54 Å². The van der Waals surface area contributed by atoms with Gasteiger partial charge in [-0.2, -0.15) is 0 Å². The largest absolute Gasteiger partial charge is 0.480 e. The molecule has 11 heteroatoms. The lowest BCUT2D eigenvalue weighted by Crippen LogP contribution is -2.42. The molecule has 0 radical (unpaired) electrons. The number of unbranched alkanes of at least 4 members (excludes halogenated alkanes) is 2. The van der Waals surface area contributed by atoms with Crippen LogP contribution in [0.3, 0.4) is 0 Å². The molecular weight excluding hydrogens is 360 g/mol. The zero-order valence-electron chi connectivity index (χ0n) is 14.7. The SMILES string of the molecule is O=C(O)CNC(=O)CNC(=O)CNC(=O)CCCCCN1C(=O)C=CC1=O. The van der Waals surface area contributed by atoms with Gasteiger partial charge in [-0.3, -0.25) is 33.7 Å². The van der Waals surface area contributed by atoms with Gasteiger partial charge in [-0.1, -0.05) is 6.42 Å². The van der Waals surface area contributed by atoms with Crippen LogP contribution >= 0.6 is 0 Å². The number of imide groups is 1. The highest BCUT2D eigenvalue weighted by molar-refractivity contribution is 6.12. The van der Waals surface area contributed by atoms with Gasteiger partial charge in [-0.25, -0.2) is 0 Å². The van der Waals surface area contributed by atoms with Gasteiger partial charge in [-0.05, 0) is 12.8 Å². The summed E-state index contributed by atoms with van der Waals surface area (Å²) in [6, 6.07) is 0. The Hall–Kier alpha value is -3.24. The molecule has 0 aromatic carbocycles. The van der Waals surface area contributed by atoms with E-state index in [0.29, 0.717) is 25.8 Å². The average Bonchev–Trinajstić information content (AvgIpc) is 2.94. The van der Waals surface area contributed by atoms with Crippen molar-refractivity contribution >= 4 is 35.5 Å². The van der Waals surface area contributed by atoms with E-state index >= 15 is 0 Å². The molecule has 0 aliphatic carbocycles. The molecule has 0 unspecified atom stereocenters. The summed E-state index contributed by atoms with van der Waals surface area (Å²) in [6.45, 7) is -0.918. The number of nitrogens with one attached hydrogen (secondary N) is 3. The van der Waals surface area contributed by atoms with Crippen LogP contribution in [0.2, 0.25) is 0 Å². The molecule has 0 saturated carbocycles. The normalized spacial score (nSPS) is 12.8. The van der Waals surface area contributed by atoms with Crippen LogP contribution in [0.15, 0.2) is 12.2 Å². The van der Waals surface area contributed by atoms with Gasteiger partial charge >= 0.3 is 5.97 Å². The number of hydrogen-bond donors (Lipinski definition) is 4. The van der Waals surface area contributed by atoms with Crippen molar-refractivity contribution in [3.05, 3.63) is 12.2 Å². The van der Waals surface area contributed by atoms with Gasteiger partial charge in [-0.15, -0.1) is 0 Å². The third kappa shape index (κ3) is 9.14. The summed E-state index contributed by atoms with van der Waals surface area (Å²) < 4.78 is 0. The number of nitrogens with zero attached hydrogens (tertiary/aromatic N) is 1. The Morgan fingerprint density at radius 1 is 0.778 bits per heavy atom. The predicted molar refractivity (Wildman–Crippen MR) is 91.0 cm³/mol. The Kier molecular flexibility index (Phi) is 9.20. The molecule has 0 saturated heterocycles. The zero-order chi connectivity index (χ0) is 20.2. The summed E-state index contributed by atoms with van der Waals surface area (Å²) in [5.74, 6) is -3.43. The van der Waals surface area contributed by atoms with Crippen LogP contribution in [0.25, 0.3) is 0 Å². The van der Waals surface area contributed by atoms with Crippen LogP contribution in [0.4, 0.5) is 0 Å². The van der Waals surface area contributed by atoms with Gasteiger partial charge < -0.3 is 21.1 Å². The molecule has 0 aromatic rings. The van der Waals surface area contributed by atoms with Crippen molar-refractivity contribution in [3.8, 4) is 0 Å². The second-order valence-corrected chi connectivity index (χ2v) is 5.70. The van der Waals surface area contributed by atoms with Gasteiger partial charge in [0.25, 0.3) is 11.8 Å². The summed E-state index contributed by atoms with van der Waals surface area (Å²) >= 11 is 0. The molecule has 0 spiro atoms. The number of carboxylic acids is 1. The minimum Gasteiger partial charge on any atom is -0.480 e. The Bertz CT molecular complexity index is 627. The summed E-state index contributed by atoms with van der Waals surface area (Å²) in [5.41, 5.74) is 0. The number of rotatable bonds is 12. The van der Waals surface area contributed by atoms with Crippen LogP contribution in [0.1, 0.15) is 25.7 Å². The first-order valence-electron chi connectivity index (χ1n) is 8.35. The number of carbonyl (C=O) groups is 6. The van der Waals surface area contributed by atoms with Gasteiger partial charge in [0.15, 0.2) is 0 Å². The smallest absolute Gasteiger partial charge is 0.322 e. The van der Waals surface area contributed by atoms with Crippen molar-refractivity contribution in [2.75, 3.05) is 26.2 Å². The van der Waals surface area contributed by atoms with Crippen molar-refractivity contribution in [3.63, 3.8) is 0 Å². The molecular formula is C16H22N4O7. The molecule has 27 heavy (non-hydrogen) atoms. The van der Waals surface area contributed by atoms with E-state index < -0.39 is 24.3 Å². The number of amides is 5. The minimum atomic E-state index is -1.20. The molecule has 11 nitrogen and oxygen atoms in total. The molecule has 5 amide bonds. The lowest BCUT2D eigenvalue weighted by Gasteiger charge is -2.13. The van der Waals surface area contributed by atoms with E-state index in [-0.39, 0.29) is 37.2 Å². The van der Waals surface area contributed by atoms with Crippen molar-refractivity contribution in [1.29, 1.82) is 0 Å². The monoisotopic (exact) mass is 382 g/mol. The fourth-order valence-electron chi connectivity index (χ4n) is 2.13. The quantitative estimate of drug-likeness (QED) is 0.222. The summed E-state index contributed by atoms with van der Waals surface area (Å²) in [6.07, 6.45) is 4.38. The highest BCUT2D eigenvalue weighted by Crippen LogP contribution is 2.07. The fraction of sp³-hybridized carbons (Fsp3) is 0.500. The van der Waals surface area contributed by atoms with Crippen LogP contribution in [0, 0.1) is 0 Å². The van der Waals surface area contributed by atoms with Crippen molar-refractivity contribution in [2.45, 2.75) is 25.7 Å². The topological polar surface area (TPSA) is 162 Å². The molecule has 1 heterocycles. The highest BCUT2D eigenvalue weighted by Gasteiger charge is 2.22. The van der Waals surface area contributed by atoms with Gasteiger partial charge in [0, 0.05) is 25.1 Å². The zero-order valence-corrected chi connectivity index (χ0v) is 14.7. The van der Waals surface area contributed by atoms with Crippen molar-refractivity contribution in [1.82, 2.24) is 20.9 Å². The van der Waals surface area contributed by atoms with Crippen LogP contribution in [-0.4, -0.2) is 71.7 Å². The number of carbonyl (C=O) groups excluding carboxylic acids is 5. The summed E-state index contributed by atoms with van der Waals surface area (Å²) in [7, 11) is 0. The van der Waals surface area contributed by atoms with E-state index in [4.69, 9.17) is 5.11 Å². The van der Waals surface area contributed by atoms with E-state index in [0.717, 1.165) is 4.90 Å². The molecule has 0 bridgehead atoms. The molecule has 148 valence electrons. The summed E-state index contributed by atoms with van der Waals surface area (Å²) in [5, 5.41) is 15.1. The van der Waals surface area contributed by atoms with E-state index in [1.807, 2.05) is 0 Å². The number of aliphatic carboxylic acids is 1. The van der Waals surface area contributed by atoms with Crippen LogP contribution < -0.4 is 16.0 Å². The maximum absolute atomic E-state index is 11.6. The number of hydrogen-bond acceptors (Lipinski definition) is 6. The number of carboxylic acid groups (broad SMARTS) is 1. The standard InChI is InChI=1S/C16H22N4O7/c21-11(4-2-1-3-7-20-14(24)5-6-15(20)25)17-8-12(22)18-9-13(23)19-10-16(26)27/h5-6H,1-4,7-10H2,(H,17,21)(H,18,22)(H,19,23)(H,26,27). The molecule has 1 rings (SSSR count). The Balaban J connectivity index is 2.04. The lowest BCUT2D eigenvalue weighted by atomic mass is 10.2. The molecule has 1 aliphatic heterocycles. The highest BCUT2D eigenvalue weighted by atomic mass is 16.4. The molecule has 0 fully saturated rings. The van der Waals surface area contributed by atoms with E-state index in [1.165, 1.54) is 12.2 Å². The minimum absolute atomic E-state index is 0.187. The predicted octanol–water partition coefficient (Wildman–Crippen LogP) is -2.09. The summed E-state index contributed by atoms with van der Waals surface area (Å²) in [4.78, 5) is 68.4. The van der Waals surface area contributed by atoms with E-state index in [2.05, 4.69) is 16.0 Å². The Morgan fingerprint density at radius 3 is 1.85 bits per heavy atom. The molecule has 0 atom stereocenters. The first-order valence-corrected chi connectivity index (χ1v) is 8.35. The second-order valence-electron chi connectivity index (χ2n) is 5.70. The maximum Gasteiger partial charge on any atom is 0.322 e. The maximum atomic E-state index is 11.6. The van der Waals surface area contributed by atoms with Gasteiger partial charge in [0.05, 0.1) is 13.1 Å². The third-order valence-electron chi connectivity index (χ3n) is 3.52. The third-order valence-corrected chi connectivity index (χ3v) is 3.52.